The van der Waals surface area contributed by atoms with Gasteiger partial charge in [0.25, 0.3) is 0 Å². The molecule has 0 aliphatic heterocycles. The van der Waals surface area contributed by atoms with E-state index in [1.807, 2.05) is 17.5 Å². The number of thiazole rings is 1. The van der Waals surface area contributed by atoms with Crippen molar-refractivity contribution in [3.8, 4) is 11.3 Å². The van der Waals surface area contributed by atoms with Crippen molar-refractivity contribution in [1.82, 2.24) is 14.6 Å². The number of esters is 1. The Kier molecular flexibility index (Phi) is 3.91. The number of hydrogen-bond donors (Lipinski definition) is 1. The molecule has 0 bridgehead atoms. The fourth-order valence-corrected chi connectivity index (χ4v) is 3.04. The zero-order valence-corrected chi connectivity index (χ0v) is 13.9. The molecule has 3 rings (SSSR count). The predicted octanol–water partition coefficient (Wildman–Crippen LogP) is 2.86. The Morgan fingerprint density at radius 2 is 2.22 bits per heavy atom. The third kappa shape index (κ3) is 2.97. The molecular formula is C16H17N3O3S. The summed E-state index contributed by atoms with van der Waals surface area (Å²) in [5.74, 6) is -0.381. The molecule has 120 valence electrons. The number of fused-ring (bicyclic) bond motifs is 1. The van der Waals surface area contributed by atoms with Crippen molar-refractivity contribution in [2.45, 2.75) is 26.4 Å². The summed E-state index contributed by atoms with van der Waals surface area (Å²) in [6, 6.07) is 3.70. The Morgan fingerprint density at radius 3 is 2.87 bits per heavy atom. The summed E-state index contributed by atoms with van der Waals surface area (Å²) < 4.78 is 6.65. The second-order valence-corrected chi connectivity index (χ2v) is 6.48. The van der Waals surface area contributed by atoms with E-state index in [0.29, 0.717) is 22.7 Å². The van der Waals surface area contributed by atoms with Gasteiger partial charge < -0.3 is 9.84 Å². The number of carbonyl (C=O) groups is 1. The topological polar surface area (TPSA) is 76.7 Å². The zero-order valence-electron chi connectivity index (χ0n) is 13.1. The van der Waals surface area contributed by atoms with Gasteiger partial charge in [0.1, 0.15) is 16.2 Å². The van der Waals surface area contributed by atoms with Crippen LogP contribution in [0.1, 0.15) is 36.1 Å². The molecule has 0 saturated carbocycles. The van der Waals surface area contributed by atoms with E-state index in [1.165, 1.54) is 17.5 Å². The molecule has 0 aliphatic rings. The van der Waals surface area contributed by atoms with Crippen molar-refractivity contribution < 1.29 is 14.6 Å². The molecule has 0 unspecified atom stereocenters. The lowest BCUT2D eigenvalue weighted by Gasteiger charge is -2.12. The van der Waals surface area contributed by atoms with Crippen LogP contribution in [0.2, 0.25) is 0 Å². The van der Waals surface area contributed by atoms with E-state index >= 15 is 0 Å². The van der Waals surface area contributed by atoms with Crippen LogP contribution in [0.5, 0.6) is 0 Å². The van der Waals surface area contributed by atoms with Crippen LogP contribution < -0.4 is 0 Å². The quantitative estimate of drug-likeness (QED) is 0.744. The Balaban J connectivity index is 1.98. The lowest BCUT2D eigenvalue weighted by molar-refractivity contribution is 0.0528. The fourth-order valence-electron chi connectivity index (χ4n) is 2.19. The standard InChI is InChI=1S/C16H17N3O3S/c1-4-22-14(20)11-7-17-19-8-10(5-6-13(11)19)12-9-23-15(18-12)16(2,3)21/h5-9,21H,4H2,1-3H3. The molecule has 1 N–H and O–H groups in total. The van der Waals surface area contributed by atoms with Crippen molar-refractivity contribution in [2.75, 3.05) is 6.61 Å². The Bertz CT molecular complexity index is 861. The van der Waals surface area contributed by atoms with E-state index in [0.717, 1.165) is 11.3 Å². The molecule has 3 aromatic rings. The summed E-state index contributed by atoms with van der Waals surface area (Å²) in [6.45, 7) is 5.51. The van der Waals surface area contributed by atoms with Gasteiger partial charge in [-0.25, -0.2) is 14.3 Å². The summed E-state index contributed by atoms with van der Waals surface area (Å²) in [7, 11) is 0. The SMILES string of the molecule is CCOC(=O)c1cnn2cc(-c3csc(C(C)(C)O)n3)ccc12. The lowest BCUT2D eigenvalue weighted by atomic mass is 10.1. The van der Waals surface area contributed by atoms with Crippen molar-refractivity contribution in [3.05, 3.63) is 40.5 Å². The van der Waals surface area contributed by atoms with Crippen LogP contribution in [-0.2, 0) is 10.3 Å². The van der Waals surface area contributed by atoms with E-state index in [9.17, 15) is 9.90 Å². The van der Waals surface area contributed by atoms with Crippen LogP contribution in [0.4, 0.5) is 0 Å². The van der Waals surface area contributed by atoms with Gasteiger partial charge in [-0.1, -0.05) is 0 Å². The molecule has 3 aromatic heterocycles. The number of ether oxygens (including phenoxy) is 1. The molecule has 0 atom stereocenters. The number of aliphatic hydroxyl groups is 1. The van der Waals surface area contributed by atoms with Crippen molar-refractivity contribution in [2.24, 2.45) is 0 Å². The number of nitrogens with zero attached hydrogens (tertiary/aromatic N) is 3. The number of carbonyl (C=O) groups excluding carboxylic acids is 1. The maximum Gasteiger partial charge on any atom is 0.341 e. The van der Waals surface area contributed by atoms with E-state index in [4.69, 9.17) is 4.74 Å². The highest BCUT2D eigenvalue weighted by Crippen LogP contribution is 2.29. The van der Waals surface area contributed by atoms with Crippen molar-refractivity contribution >= 4 is 22.8 Å². The smallest absolute Gasteiger partial charge is 0.341 e. The minimum absolute atomic E-state index is 0.326. The zero-order chi connectivity index (χ0) is 16.6. The maximum atomic E-state index is 11.9. The van der Waals surface area contributed by atoms with Gasteiger partial charge in [-0.15, -0.1) is 11.3 Å². The van der Waals surface area contributed by atoms with Crippen LogP contribution in [-0.4, -0.2) is 32.3 Å². The molecule has 0 aliphatic carbocycles. The first-order chi connectivity index (χ1) is 10.9. The summed E-state index contributed by atoms with van der Waals surface area (Å²) in [5.41, 5.74) is 1.79. The van der Waals surface area contributed by atoms with E-state index < -0.39 is 5.60 Å². The maximum absolute atomic E-state index is 11.9. The first-order valence-corrected chi connectivity index (χ1v) is 8.11. The van der Waals surface area contributed by atoms with Crippen LogP contribution >= 0.6 is 11.3 Å². The second-order valence-electron chi connectivity index (χ2n) is 5.62. The fraction of sp³-hybridized carbons (Fsp3) is 0.312. The third-order valence-corrected chi connectivity index (χ3v) is 4.49. The van der Waals surface area contributed by atoms with Gasteiger partial charge >= 0.3 is 5.97 Å². The lowest BCUT2D eigenvalue weighted by Crippen LogP contribution is -2.14. The van der Waals surface area contributed by atoms with Crippen molar-refractivity contribution in [3.63, 3.8) is 0 Å². The van der Waals surface area contributed by atoms with Gasteiger partial charge in [0, 0.05) is 17.1 Å². The Hall–Kier alpha value is -2.25. The van der Waals surface area contributed by atoms with Gasteiger partial charge in [0.2, 0.25) is 0 Å². The average Bonchev–Trinajstić information content (AvgIpc) is 3.13. The molecule has 7 heteroatoms. The first kappa shape index (κ1) is 15.6. The molecule has 0 spiro atoms. The highest BCUT2D eigenvalue weighted by Gasteiger charge is 2.21. The number of aromatic nitrogens is 3. The average molecular weight is 331 g/mol. The minimum Gasteiger partial charge on any atom is -0.462 e. The van der Waals surface area contributed by atoms with E-state index in [1.54, 1.807) is 31.5 Å². The highest BCUT2D eigenvalue weighted by molar-refractivity contribution is 7.10. The molecule has 23 heavy (non-hydrogen) atoms. The van der Waals surface area contributed by atoms with E-state index in [2.05, 4.69) is 10.1 Å². The number of pyridine rings is 1. The Morgan fingerprint density at radius 1 is 1.43 bits per heavy atom. The third-order valence-electron chi connectivity index (χ3n) is 3.33. The molecular weight excluding hydrogens is 314 g/mol. The molecule has 6 nitrogen and oxygen atoms in total. The minimum atomic E-state index is -0.963. The first-order valence-electron chi connectivity index (χ1n) is 7.23. The normalized spacial score (nSPS) is 11.8. The van der Waals surface area contributed by atoms with Crippen LogP contribution in [0.15, 0.2) is 29.9 Å². The monoisotopic (exact) mass is 331 g/mol. The van der Waals surface area contributed by atoms with E-state index in [-0.39, 0.29) is 5.97 Å². The molecule has 3 heterocycles. The van der Waals surface area contributed by atoms with Gasteiger partial charge in [0.05, 0.1) is 24.0 Å². The molecule has 0 fully saturated rings. The van der Waals surface area contributed by atoms with Gasteiger partial charge in [0.15, 0.2) is 0 Å². The number of hydrogen-bond acceptors (Lipinski definition) is 6. The van der Waals surface area contributed by atoms with Crippen LogP contribution in [0.3, 0.4) is 0 Å². The summed E-state index contributed by atoms with van der Waals surface area (Å²) >= 11 is 1.41. The van der Waals surface area contributed by atoms with Crippen LogP contribution in [0.25, 0.3) is 16.8 Å². The molecule has 0 saturated heterocycles. The van der Waals surface area contributed by atoms with Gasteiger partial charge in [-0.2, -0.15) is 5.10 Å². The second kappa shape index (κ2) is 5.75. The predicted molar refractivity (Wildman–Crippen MR) is 87.5 cm³/mol. The van der Waals surface area contributed by atoms with Crippen LogP contribution in [0, 0.1) is 0 Å². The largest absolute Gasteiger partial charge is 0.462 e. The van der Waals surface area contributed by atoms with Gasteiger partial charge in [-0.3, -0.25) is 0 Å². The molecule has 0 amide bonds. The highest BCUT2D eigenvalue weighted by atomic mass is 32.1. The summed E-state index contributed by atoms with van der Waals surface area (Å²) in [6.07, 6.45) is 3.31. The molecule has 0 radical (unpaired) electrons. The molecule has 0 aromatic carbocycles. The number of rotatable bonds is 4. The summed E-state index contributed by atoms with van der Waals surface area (Å²) in [5, 5.41) is 16.8. The van der Waals surface area contributed by atoms with Crippen molar-refractivity contribution in [1.29, 1.82) is 0 Å². The summed E-state index contributed by atoms with van der Waals surface area (Å²) in [4.78, 5) is 16.3. The Labute approximate surface area is 137 Å². The van der Waals surface area contributed by atoms with Gasteiger partial charge in [-0.05, 0) is 32.9 Å².